The van der Waals surface area contributed by atoms with Crippen molar-refractivity contribution in [2.45, 2.75) is 40.0 Å². The molecule has 1 amide bonds. The van der Waals surface area contributed by atoms with Crippen molar-refractivity contribution in [1.82, 2.24) is 10.2 Å². The Morgan fingerprint density at radius 2 is 2.14 bits per heavy atom. The molecule has 1 heterocycles. The molecule has 0 aromatic heterocycles. The van der Waals surface area contributed by atoms with Crippen molar-refractivity contribution in [3.63, 3.8) is 0 Å². The fourth-order valence-electron chi connectivity index (χ4n) is 2.98. The molecule has 0 radical (unpaired) electrons. The minimum atomic E-state index is 0.0464. The van der Waals surface area contributed by atoms with Crippen LogP contribution in [0.25, 0.3) is 0 Å². The van der Waals surface area contributed by atoms with Crippen LogP contribution in [0.4, 0.5) is 0 Å². The van der Waals surface area contributed by atoms with Gasteiger partial charge < -0.3 is 10.2 Å². The van der Waals surface area contributed by atoms with Crippen LogP contribution >= 0.6 is 0 Å². The van der Waals surface area contributed by atoms with Gasteiger partial charge >= 0.3 is 0 Å². The number of aryl methyl sites for hydroxylation is 2. The Labute approximate surface area is 128 Å². The number of carbonyl (C=O) groups is 1. The topological polar surface area (TPSA) is 32.3 Å². The van der Waals surface area contributed by atoms with Crippen LogP contribution in [0.3, 0.4) is 0 Å². The van der Waals surface area contributed by atoms with E-state index in [1.165, 1.54) is 37.1 Å². The molecule has 116 valence electrons. The molecule has 1 aromatic carbocycles. The molecule has 1 fully saturated rings. The van der Waals surface area contributed by atoms with Crippen LogP contribution in [0.5, 0.6) is 0 Å². The summed E-state index contributed by atoms with van der Waals surface area (Å²) in [6, 6.07) is 5.89. The van der Waals surface area contributed by atoms with Gasteiger partial charge in [0.15, 0.2) is 0 Å². The van der Waals surface area contributed by atoms with Gasteiger partial charge in [0.2, 0.25) is 0 Å². The zero-order valence-electron chi connectivity index (χ0n) is 13.6. The van der Waals surface area contributed by atoms with Crippen LogP contribution in [0, 0.1) is 19.8 Å². The predicted octanol–water partition coefficient (Wildman–Crippen LogP) is 3.16. The third-order valence-electron chi connectivity index (χ3n) is 4.45. The second kappa shape index (κ2) is 7.60. The van der Waals surface area contributed by atoms with E-state index in [4.69, 9.17) is 0 Å². The number of carbonyl (C=O) groups excluding carboxylic acids is 1. The Hall–Kier alpha value is -1.35. The molecule has 1 aromatic rings. The van der Waals surface area contributed by atoms with E-state index in [0.717, 1.165) is 31.0 Å². The van der Waals surface area contributed by atoms with Crippen molar-refractivity contribution in [2.24, 2.45) is 5.92 Å². The van der Waals surface area contributed by atoms with Gasteiger partial charge in [0.25, 0.3) is 5.91 Å². The number of amides is 1. The predicted molar refractivity (Wildman–Crippen MR) is 87.7 cm³/mol. The SMILES string of the molecule is Cc1ccc(C(=O)NCCCN2CCCC(C)C2)cc1C. The Kier molecular flexibility index (Phi) is 5.80. The molecule has 0 bridgehead atoms. The van der Waals surface area contributed by atoms with E-state index in [1.807, 2.05) is 25.1 Å². The summed E-state index contributed by atoms with van der Waals surface area (Å²) in [6.45, 7) is 10.7. The van der Waals surface area contributed by atoms with Gasteiger partial charge in [0.05, 0.1) is 0 Å². The lowest BCUT2D eigenvalue weighted by atomic mass is 10.0. The summed E-state index contributed by atoms with van der Waals surface area (Å²) in [4.78, 5) is 14.6. The van der Waals surface area contributed by atoms with E-state index < -0.39 is 0 Å². The van der Waals surface area contributed by atoms with Crippen molar-refractivity contribution in [3.8, 4) is 0 Å². The van der Waals surface area contributed by atoms with E-state index >= 15 is 0 Å². The van der Waals surface area contributed by atoms with Crippen molar-refractivity contribution in [3.05, 3.63) is 34.9 Å². The summed E-state index contributed by atoms with van der Waals surface area (Å²) < 4.78 is 0. The molecule has 1 aliphatic heterocycles. The molecule has 0 spiro atoms. The van der Waals surface area contributed by atoms with Gasteiger partial charge in [-0.25, -0.2) is 0 Å². The minimum Gasteiger partial charge on any atom is -0.352 e. The normalized spacial score (nSPS) is 19.5. The Morgan fingerprint density at radius 1 is 1.33 bits per heavy atom. The quantitative estimate of drug-likeness (QED) is 0.844. The maximum atomic E-state index is 12.1. The average Bonchev–Trinajstić information content (AvgIpc) is 2.46. The van der Waals surface area contributed by atoms with Gasteiger partial charge in [-0.05, 0) is 75.4 Å². The molecular weight excluding hydrogens is 260 g/mol. The molecule has 0 aliphatic carbocycles. The van der Waals surface area contributed by atoms with Crippen molar-refractivity contribution in [2.75, 3.05) is 26.2 Å². The van der Waals surface area contributed by atoms with Crippen molar-refractivity contribution in [1.29, 1.82) is 0 Å². The van der Waals surface area contributed by atoms with Crippen LogP contribution in [0.2, 0.25) is 0 Å². The smallest absolute Gasteiger partial charge is 0.251 e. The number of nitrogens with zero attached hydrogens (tertiary/aromatic N) is 1. The first-order chi connectivity index (χ1) is 10.1. The first-order valence-electron chi connectivity index (χ1n) is 8.14. The number of rotatable bonds is 5. The van der Waals surface area contributed by atoms with Crippen LogP contribution in [0.1, 0.15) is 47.7 Å². The van der Waals surface area contributed by atoms with E-state index in [2.05, 4.69) is 24.1 Å². The Bertz CT molecular complexity index is 484. The maximum absolute atomic E-state index is 12.1. The molecule has 3 heteroatoms. The molecule has 3 nitrogen and oxygen atoms in total. The summed E-state index contributed by atoms with van der Waals surface area (Å²) in [5.74, 6) is 0.869. The average molecular weight is 288 g/mol. The number of hydrogen-bond donors (Lipinski definition) is 1. The van der Waals surface area contributed by atoms with E-state index in [0.29, 0.717) is 0 Å². The Balaban J connectivity index is 1.70. The van der Waals surface area contributed by atoms with Gasteiger partial charge in [0, 0.05) is 18.7 Å². The summed E-state index contributed by atoms with van der Waals surface area (Å²) in [7, 11) is 0. The van der Waals surface area contributed by atoms with Gasteiger partial charge in [-0.1, -0.05) is 13.0 Å². The number of piperidine rings is 1. The summed E-state index contributed by atoms with van der Waals surface area (Å²) in [6.07, 6.45) is 3.71. The number of nitrogens with one attached hydrogen (secondary N) is 1. The number of benzene rings is 1. The maximum Gasteiger partial charge on any atom is 0.251 e. The highest BCUT2D eigenvalue weighted by atomic mass is 16.1. The van der Waals surface area contributed by atoms with Crippen LogP contribution in [-0.4, -0.2) is 37.0 Å². The van der Waals surface area contributed by atoms with E-state index in [9.17, 15) is 4.79 Å². The molecule has 1 unspecified atom stereocenters. The second-order valence-electron chi connectivity index (χ2n) is 6.46. The number of likely N-dealkylation sites (tertiary alicyclic amines) is 1. The van der Waals surface area contributed by atoms with Gasteiger partial charge in [-0.3, -0.25) is 4.79 Å². The molecular formula is C18H28N2O. The molecule has 2 rings (SSSR count). The summed E-state index contributed by atoms with van der Waals surface area (Å²) in [5, 5.41) is 3.03. The molecule has 0 saturated carbocycles. The van der Waals surface area contributed by atoms with Crippen molar-refractivity contribution < 1.29 is 4.79 Å². The molecule has 1 aliphatic rings. The van der Waals surface area contributed by atoms with Gasteiger partial charge in [-0.15, -0.1) is 0 Å². The second-order valence-corrected chi connectivity index (χ2v) is 6.46. The summed E-state index contributed by atoms with van der Waals surface area (Å²) in [5.41, 5.74) is 3.17. The molecule has 1 saturated heterocycles. The lowest BCUT2D eigenvalue weighted by Crippen LogP contribution is -2.36. The van der Waals surface area contributed by atoms with Crippen LogP contribution in [-0.2, 0) is 0 Å². The van der Waals surface area contributed by atoms with E-state index in [-0.39, 0.29) is 5.91 Å². The zero-order chi connectivity index (χ0) is 15.2. The third kappa shape index (κ3) is 4.85. The third-order valence-corrected chi connectivity index (χ3v) is 4.45. The lowest BCUT2D eigenvalue weighted by Gasteiger charge is -2.30. The van der Waals surface area contributed by atoms with E-state index in [1.54, 1.807) is 0 Å². The highest BCUT2D eigenvalue weighted by molar-refractivity contribution is 5.94. The first kappa shape index (κ1) is 16.0. The molecule has 21 heavy (non-hydrogen) atoms. The highest BCUT2D eigenvalue weighted by Gasteiger charge is 2.15. The molecule has 1 N–H and O–H groups in total. The number of hydrogen-bond acceptors (Lipinski definition) is 2. The zero-order valence-corrected chi connectivity index (χ0v) is 13.6. The van der Waals surface area contributed by atoms with Gasteiger partial charge in [-0.2, -0.15) is 0 Å². The van der Waals surface area contributed by atoms with Crippen LogP contribution < -0.4 is 5.32 Å². The first-order valence-corrected chi connectivity index (χ1v) is 8.14. The lowest BCUT2D eigenvalue weighted by molar-refractivity contribution is 0.0950. The van der Waals surface area contributed by atoms with Crippen molar-refractivity contribution >= 4 is 5.91 Å². The summed E-state index contributed by atoms with van der Waals surface area (Å²) >= 11 is 0. The monoisotopic (exact) mass is 288 g/mol. The van der Waals surface area contributed by atoms with Gasteiger partial charge in [0.1, 0.15) is 0 Å². The fraction of sp³-hybridized carbons (Fsp3) is 0.611. The molecule has 1 atom stereocenters. The van der Waals surface area contributed by atoms with Crippen LogP contribution in [0.15, 0.2) is 18.2 Å². The highest BCUT2D eigenvalue weighted by Crippen LogP contribution is 2.15. The fourth-order valence-corrected chi connectivity index (χ4v) is 2.98. The standard InChI is InChI=1S/C18H28N2O/c1-14-6-4-10-20(13-14)11-5-9-19-18(21)17-8-7-15(2)16(3)12-17/h7-8,12,14H,4-6,9-11,13H2,1-3H3,(H,19,21). The minimum absolute atomic E-state index is 0.0464. The Morgan fingerprint density at radius 3 is 2.86 bits per heavy atom. The largest absolute Gasteiger partial charge is 0.352 e.